The summed E-state index contributed by atoms with van der Waals surface area (Å²) in [6, 6.07) is 8.55. The Bertz CT molecular complexity index is 859. The van der Waals surface area contributed by atoms with E-state index in [9.17, 15) is 4.79 Å². The van der Waals surface area contributed by atoms with E-state index in [2.05, 4.69) is 42.6 Å². The van der Waals surface area contributed by atoms with Crippen molar-refractivity contribution in [2.45, 2.75) is 57.5 Å². The van der Waals surface area contributed by atoms with E-state index in [0.717, 1.165) is 50.6 Å². The molecule has 2 N–H and O–H groups in total. The van der Waals surface area contributed by atoms with Crippen molar-refractivity contribution < 1.29 is 9.53 Å². The maximum atomic E-state index is 12.7. The number of ether oxygens (including phenoxy) is 1. The SMILES string of the molecule is CC(C)(C)n1cc(NC(=O)c2cccc([C@@H]3C[C@H]3NCC3CCOCC3)c2)cn1.Cl.Cl. The largest absolute Gasteiger partial charge is 0.381 e. The molecule has 31 heavy (non-hydrogen) atoms. The Morgan fingerprint density at radius 2 is 1.97 bits per heavy atom. The fourth-order valence-electron chi connectivity index (χ4n) is 3.93. The zero-order valence-electron chi connectivity index (χ0n) is 18.5. The van der Waals surface area contributed by atoms with Gasteiger partial charge in [0.15, 0.2) is 0 Å². The van der Waals surface area contributed by atoms with E-state index in [1.807, 2.05) is 29.1 Å². The molecule has 0 spiro atoms. The molecule has 2 fully saturated rings. The number of carbonyl (C=O) groups excluding carboxylic acids is 1. The maximum Gasteiger partial charge on any atom is 0.255 e. The molecule has 1 amide bonds. The third-order valence-electron chi connectivity index (χ3n) is 5.90. The molecular weight excluding hydrogens is 435 g/mol. The van der Waals surface area contributed by atoms with Crippen LogP contribution in [0.25, 0.3) is 0 Å². The number of nitrogens with zero attached hydrogens (tertiary/aromatic N) is 2. The van der Waals surface area contributed by atoms with Gasteiger partial charge in [0.1, 0.15) is 0 Å². The average Bonchev–Trinajstić information content (AvgIpc) is 3.34. The molecule has 1 aromatic heterocycles. The molecule has 0 bridgehead atoms. The number of benzene rings is 1. The van der Waals surface area contributed by atoms with Crippen molar-refractivity contribution in [2.24, 2.45) is 5.92 Å². The first-order valence-corrected chi connectivity index (χ1v) is 10.7. The van der Waals surface area contributed by atoms with Crippen LogP contribution >= 0.6 is 24.8 Å². The van der Waals surface area contributed by atoms with Gasteiger partial charge in [-0.15, -0.1) is 24.8 Å². The lowest BCUT2D eigenvalue weighted by Crippen LogP contribution is -2.29. The topological polar surface area (TPSA) is 68.2 Å². The first kappa shape index (κ1) is 25.7. The predicted octanol–water partition coefficient (Wildman–Crippen LogP) is 4.61. The van der Waals surface area contributed by atoms with Crippen LogP contribution in [0.5, 0.6) is 0 Å². The molecule has 1 aliphatic carbocycles. The van der Waals surface area contributed by atoms with Gasteiger partial charge in [-0.1, -0.05) is 12.1 Å². The number of aromatic nitrogens is 2. The zero-order chi connectivity index (χ0) is 20.4. The van der Waals surface area contributed by atoms with Crippen molar-refractivity contribution in [1.29, 1.82) is 0 Å². The van der Waals surface area contributed by atoms with Gasteiger partial charge in [-0.2, -0.15) is 5.10 Å². The number of amides is 1. The van der Waals surface area contributed by atoms with Crippen molar-refractivity contribution >= 4 is 36.4 Å². The van der Waals surface area contributed by atoms with Crippen LogP contribution in [0.3, 0.4) is 0 Å². The third kappa shape index (κ3) is 6.69. The van der Waals surface area contributed by atoms with Crippen molar-refractivity contribution in [3.63, 3.8) is 0 Å². The van der Waals surface area contributed by atoms with Gasteiger partial charge in [-0.05, 0) is 70.2 Å². The molecule has 2 aliphatic rings. The highest BCUT2D eigenvalue weighted by molar-refractivity contribution is 6.04. The van der Waals surface area contributed by atoms with E-state index in [4.69, 9.17) is 4.74 Å². The van der Waals surface area contributed by atoms with Crippen LogP contribution < -0.4 is 10.6 Å². The highest BCUT2D eigenvalue weighted by Crippen LogP contribution is 2.41. The molecule has 0 radical (unpaired) electrons. The van der Waals surface area contributed by atoms with Crippen molar-refractivity contribution in [2.75, 3.05) is 25.1 Å². The molecule has 1 saturated carbocycles. The fourth-order valence-corrected chi connectivity index (χ4v) is 3.93. The Morgan fingerprint density at radius 1 is 1.23 bits per heavy atom. The van der Waals surface area contributed by atoms with Crippen LogP contribution in [-0.4, -0.2) is 41.5 Å². The first-order valence-electron chi connectivity index (χ1n) is 10.7. The molecule has 2 aromatic rings. The summed E-state index contributed by atoms with van der Waals surface area (Å²) in [5.74, 6) is 1.15. The molecule has 6 nitrogen and oxygen atoms in total. The predicted molar refractivity (Wildman–Crippen MR) is 129 cm³/mol. The number of halogens is 2. The van der Waals surface area contributed by atoms with Gasteiger partial charge in [0, 0.05) is 36.9 Å². The van der Waals surface area contributed by atoms with Gasteiger partial charge < -0.3 is 15.4 Å². The molecule has 1 saturated heterocycles. The molecule has 172 valence electrons. The van der Waals surface area contributed by atoms with E-state index in [0.29, 0.717) is 17.5 Å². The molecule has 1 aliphatic heterocycles. The molecule has 0 unspecified atom stereocenters. The molecule has 1 aromatic carbocycles. The number of hydrogen-bond donors (Lipinski definition) is 2. The number of rotatable bonds is 6. The monoisotopic (exact) mass is 468 g/mol. The smallest absolute Gasteiger partial charge is 0.255 e. The Hall–Kier alpha value is -1.60. The number of hydrogen-bond acceptors (Lipinski definition) is 4. The Kier molecular flexibility index (Phi) is 8.95. The fraction of sp³-hybridized carbons (Fsp3) is 0.565. The summed E-state index contributed by atoms with van der Waals surface area (Å²) < 4.78 is 7.30. The summed E-state index contributed by atoms with van der Waals surface area (Å²) in [5.41, 5.74) is 2.55. The van der Waals surface area contributed by atoms with Crippen LogP contribution in [0.4, 0.5) is 5.69 Å². The summed E-state index contributed by atoms with van der Waals surface area (Å²) >= 11 is 0. The Morgan fingerprint density at radius 3 is 2.65 bits per heavy atom. The number of nitrogens with one attached hydrogen (secondary N) is 2. The standard InChI is InChI=1S/C23H32N4O2.2ClH/c1-23(2,3)27-15-19(14-25-27)26-22(28)18-6-4-5-17(11-18)20-12-21(20)24-13-16-7-9-29-10-8-16;;/h4-6,11,14-16,20-21,24H,7-10,12-13H2,1-3H3,(H,26,28);2*1H/t20-,21+;;/m0../s1. The van der Waals surface area contributed by atoms with Gasteiger partial charge in [0.25, 0.3) is 5.91 Å². The quantitative estimate of drug-likeness (QED) is 0.649. The van der Waals surface area contributed by atoms with Crippen molar-refractivity contribution in [1.82, 2.24) is 15.1 Å². The second-order valence-electron chi connectivity index (χ2n) is 9.34. The van der Waals surface area contributed by atoms with Gasteiger partial charge >= 0.3 is 0 Å². The van der Waals surface area contributed by atoms with Gasteiger partial charge in [0.05, 0.1) is 17.4 Å². The van der Waals surface area contributed by atoms with E-state index < -0.39 is 0 Å². The van der Waals surface area contributed by atoms with E-state index in [1.54, 1.807) is 6.20 Å². The molecule has 8 heteroatoms. The van der Waals surface area contributed by atoms with E-state index in [1.165, 1.54) is 5.56 Å². The third-order valence-corrected chi connectivity index (χ3v) is 5.90. The van der Waals surface area contributed by atoms with Gasteiger partial charge in [0.2, 0.25) is 0 Å². The minimum absolute atomic E-state index is 0. The summed E-state index contributed by atoms with van der Waals surface area (Å²) in [6.45, 7) is 9.10. The molecule has 2 heterocycles. The minimum Gasteiger partial charge on any atom is -0.381 e. The van der Waals surface area contributed by atoms with E-state index >= 15 is 0 Å². The average molecular weight is 469 g/mol. The lowest BCUT2D eigenvalue weighted by Gasteiger charge is -2.22. The lowest BCUT2D eigenvalue weighted by molar-refractivity contribution is 0.0662. The first-order chi connectivity index (χ1) is 13.9. The van der Waals surface area contributed by atoms with Gasteiger partial charge in [-0.25, -0.2) is 0 Å². The lowest BCUT2D eigenvalue weighted by atomic mass is 10.0. The highest BCUT2D eigenvalue weighted by atomic mass is 35.5. The van der Waals surface area contributed by atoms with Crippen LogP contribution in [0.1, 0.15) is 61.9 Å². The Balaban J connectivity index is 0.00000171. The highest BCUT2D eigenvalue weighted by Gasteiger charge is 2.38. The van der Waals surface area contributed by atoms with E-state index in [-0.39, 0.29) is 36.3 Å². The molecule has 2 atom stereocenters. The number of anilines is 1. The van der Waals surface area contributed by atoms with Crippen molar-refractivity contribution in [3.8, 4) is 0 Å². The van der Waals surface area contributed by atoms with Crippen LogP contribution in [0.15, 0.2) is 36.7 Å². The summed E-state index contributed by atoms with van der Waals surface area (Å²) in [4.78, 5) is 12.7. The second kappa shape index (κ2) is 10.8. The summed E-state index contributed by atoms with van der Waals surface area (Å²) in [5, 5.41) is 11.0. The molecular formula is C23H34Cl2N4O2. The zero-order valence-corrected chi connectivity index (χ0v) is 20.1. The Labute approximate surface area is 197 Å². The number of carbonyl (C=O) groups is 1. The summed E-state index contributed by atoms with van der Waals surface area (Å²) in [7, 11) is 0. The van der Waals surface area contributed by atoms with Crippen LogP contribution in [0, 0.1) is 5.92 Å². The van der Waals surface area contributed by atoms with Crippen LogP contribution in [0.2, 0.25) is 0 Å². The minimum atomic E-state index is -0.110. The molecule has 4 rings (SSSR count). The van der Waals surface area contributed by atoms with Crippen molar-refractivity contribution in [3.05, 3.63) is 47.8 Å². The van der Waals surface area contributed by atoms with Gasteiger partial charge in [-0.3, -0.25) is 9.48 Å². The van der Waals surface area contributed by atoms with Crippen LogP contribution in [-0.2, 0) is 10.3 Å². The normalized spacial score (nSPS) is 21.0. The second-order valence-corrected chi connectivity index (χ2v) is 9.34. The maximum absolute atomic E-state index is 12.7. The summed E-state index contributed by atoms with van der Waals surface area (Å²) in [6.07, 6.45) is 7.04.